The second-order valence-electron chi connectivity index (χ2n) is 6.33. The van der Waals surface area contributed by atoms with Crippen LogP contribution in [0.15, 0.2) is 60.7 Å². The Kier molecular flexibility index (Phi) is 6.60. The Morgan fingerprint density at radius 3 is 2.23 bits per heavy atom. The lowest BCUT2D eigenvalue weighted by molar-refractivity contribution is -0.160. The average Bonchev–Trinajstić information content (AvgIpc) is 2.69. The van der Waals surface area contributed by atoms with Crippen molar-refractivity contribution in [1.82, 2.24) is 0 Å². The van der Waals surface area contributed by atoms with Gasteiger partial charge in [0, 0.05) is 11.5 Å². The van der Waals surface area contributed by atoms with Crippen LogP contribution in [0.1, 0.15) is 25.3 Å². The number of rotatable bonds is 4. The van der Waals surface area contributed by atoms with Gasteiger partial charge in [0.15, 0.2) is 0 Å². The first kappa shape index (κ1) is 18.4. The molecule has 0 amide bonds. The van der Waals surface area contributed by atoms with E-state index in [4.69, 9.17) is 9.47 Å². The third-order valence-corrected chi connectivity index (χ3v) is 4.18. The van der Waals surface area contributed by atoms with Crippen molar-refractivity contribution in [2.24, 2.45) is 5.92 Å². The first-order chi connectivity index (χ1) is 12.7. The first-order valence-corrected chi connectivity index (χ1v) is 9.02. The normalized spacial score (nSPS) is 19.9. The lowest BCUT2D eigenvalue weighted by Gasteiger charge is -2.24. The monoisotopic (exact) mass is 350 g/mol. The fourth-order valence-electron chi connectivity index (χ4n) is 2.70. The van der Waals surface area contributed by atoms with Gasteiger partial charge in [-0.1, -0.05) is 55.7 Å². The van der Waals surface area contributed by atoms with Crippen molar-refractivity contribution in [2.75, 3.05) is 13.2 Å². The molecule has 0 spiro atoms. The molecule has 3 rings (SSSR count). The van der Waals surface area contributed by atoms with Crippen LogP contribution >= 0.6 is 0 Å². The van der Waals surface area contributed by atoms with Crippen LogP contribution in [-0.4, -0.2) is 19.5 Å². The van der Waals surface area contributed by atoms with E-state index in [9.17, 15) is 4.39 Å². The molecule has 0 bridgehead atoms. The van der Waals surface area contributed by atoms with Crippen molar-refractivity contribution in [3.05, 3.63) is 72.1 Å². The number of allylic oxidation sites excluding steroid dienone is 1. The molecule has 1 aliphatic heterocycles. The predicted octanol–water partition coefficient (Wildman–Crippen LogP) is 5.19. The SMILES string of the molecule is CCC/C=C/[C@H]1CO[C@H](C#Cc2ccc(-c3ccc(F)cc3)cc2)OC1. The molecule has 0 saturated carbocycles. The van der Waals surface area contributed by atoms with E-state index < -0.39 is 6.29 Å². The number of halogens is 1. The maximum Gasteiger partial charge on any atom is 0.222 e. The summed E-state index contributed by atoms with van der Waals surface area (Å²) < 4.78 is 24.3. The van der Waals surface area contributed by atoms with Crippen molar-refractivity contribution in [2.45, 2.75) is 26.1 Å². The third kappa shape index (κ3) is 5.29. The summed E-state index contributed by atoms with van der Waals surface area (Å²) in [5.41, 5.74) is 2.91. The van der Waals surface area contributed by atoms with Crippen LogP contribution in [0.25, 0.3) is 11.1 Å². The Hall–Kier alpha value is -2.41. The van der Waals surface area contributed by atoms with E-state index in [2.05, 4.69) is 30.9 Å². The van der Waals surface area contributed by atoms with E-state index in [1.54, 1.807) is 12.1 Å². The largest absolute Gasteiger partial charge is 0.341 e. The highest BCUT2D eigenvalue weighted by Crippen LogP contribution is 2.20. The highest BCUT2D eigenvalue weighted by Gasteiger charge is 2.18. The minimum Gasteiger partial charge on any atom is -0.341 e. The van der Waals surface area contributed by atoms with E-state index in [1.165, 1.54) is 12.1 Å². The summed E-state index contributed by atoms with van der Waals surface area (Å²) in [4.78, 5) is 0. The average molecular weight is 350 g/mol. The second-order valence-corrected chi connectivity index (χ2v) is 6.33. The summed E-state index contributed by atoms with van der Waals surface area (Å²) >= 11 is 0. The molecule has 0 atom stereocenters. The maximum atomic E-state index is 13.0. The zero-order valence-electron chi connectivity index (χ0n) is 15.0. The van der Waals surface area contributed by atoms with Gasteiger partial charge in [-0.25, -0.2) is 4.39 Å². The third-order valence-electron chi connectivity index (χ3n) is 4.18. The zero-order valence-corrected chi connectivity index (χ0v) is 15.0. The fourth-order valence-corrected chi connectivity index (χ4v) is 2.70. The second kappa shape index (κ2) is 9.33. The summed E-state index contributed by atoms with van der Waals surface area (Å²) in [7, 11) is 0. The molecule has 0 unspecified atom stereocenters. The molecule has 1 saturated heterocycles. The predicted molar refractivity (Wildman–Crippen MR) is 102 cm³/mol. The molecular formula is C23H23FO2. The molecule has 1 heterocycles. The van der Waals surface area contributed by atoms with E-state index >= 15 is 0 Å². The van der Waals surface area contributed by atoms with E-state index in [1.807, 2.05) is 24.3 Å². The molecule has 0 aromatic heterocycles. The molecular weight excluding hydrogens is 327 g/mol. The quantitative estimate of drug-likeness (QED) is 0.558. The number of hydrogen-bond acceptors (Lipinski definition) is 2. The zero-order chi connectivity index (χ0) is 18.2. The molecule has 134 valence electrons. The Morgan fingerprint density at radius 1 is 1.00 bits per heavy atom. The van der Waals surface area contributed by atoms with Crippen molar-refractivity contribution >= 4 is 0 Å². The minimum atomic E-state index is -0.470. The lowest BCUT2D eigenvalue weighted by Crippen LogP contribution is -2.30. The first-order valence-electron chi connectivity index (χ1n) is 9.02. The van der Waals surface area contributed by atoms with Crippen LogP contribution in [0.5, 0.6) is 0 Å². The number of ether oxygens (including phenoxy) is 2. The molecule has 0 aliphatic carbocycles. The highest BCUT2D eigenvalue weighted by molar-refractivity contribution is 5.64. The van der Waals surface area contributed by atoms with Crippen LogP contribution in [0.3, 0.4) is 0 Å². The van der Waals surface area contributed by atoms with Gasteiger partial charge in [-0.15, -0.1) is 0 Å². The van der Waals surface area contributed by atoms with Crippen molar-refractivity contribution < 1.29 is 13.9 Å². The van der Waals surface area contributed by atoms with Gasteiger partial charge in [-0.05, 0) is 47.7 Å². The fraction of sp³-hybridized carbons (Fsp3) is 0.304. The van der Waals surface area contributed by atoms with Crippen molar-refractivity contribution in [1.29, 1.82) is 0 Å². The van der Waals surface area contributed by atoms with Crippen LogP contribution < -0.4 is 0 Å². The molecule has 0 N–H and O–H groups in total. The van der Waals surface area contributed by atoms with Crippen LogP contribution in [0, 0.1) is 23.6 Å². The topological polar surface area (TPSA) is 18.5 Å². The summed E-state index contributed by atoms with van der Waals surface area (Å²) in [5, 5.41) is 0. The van der Waals surface area contributed by atoms with E-state index in [0.29, 0.717) is 19.1 Å². The number of unbranched alkanes of at least 4 members (excludes halogenated alkanes) is 1. The minimum absolute atomic E-state index is 0.230. The van der Waals surface area contributed by atoms with Crippen molar-refractivity contribution in [3.63, 3.8) is 0 Å². The van der Waals surface area contributed by atoms with Crippen LogP contribution in [0.4, 0.5) is 4.39 Å². The Balaban J connectivity index is 1.55. The van der Waals surface area contributed by atoms with Gasteiger partial charge in [-0.2, -0.15) is 0 Å². The van der Waals surface area contributed by atoms with Gasteiger partial charge in [0.1, 0.15) is 5.82 Å². The summed E-state index contributed by atoms with van der Waals surface area (Å²) in [6.45, 7) is 3.45. The molecule has 2 aromatic rings. The van der Waals surface area contributed by atoms with Gasteiger partial charge in [0.05, 0.1) is 13.2 Å². The van der Waals surface area contributed by atoms with E-state index in [0.717, 1.165) is 29.5 Å². The van der Waals surface area contributed by atoms with Gasteiger partial charge >= 0.3 is 0 Å². The smallest absolute Gasteiger partial charge is 0.222 e. The molecule has 2 aromatic carbocycles. The summed E-state index contributed by atoms with van der Waals surface area (Å²) in [6.07, 6.45) is 6.13. The molecule has 2 nitrogen and oxygen atoms in total. The Morgan fingerprint density at radius 2 is 1.62 bits per heavy atom. The van der Waals surface area contributed by atoms with Crippen LogP contribution in [-0.2, 0) is 9.47 Å². The highest BCUT2D eigenvalue weighted by atomic mass is 19.1. The maximum absolute atomic E-state index is 13.0. The lowest BCUT2D eigenvalue weighted by atomic mass is 10.0. The van der Waals surface area contributed by atoms with Gasteiger partial charge in [-0.3, -0.25) is 0 Å². The summed E-state index contributed by atoms with van der Waals surface area (Å²) in [5.74, 6) is 6.20. The molecule has 3 heteroatoms. The van der Waals surface area contributed by atoms with Gasteiger partial charge in [0.25, 0.3) is 0 Å². The molecule has 26 heavy (non-hydrogen) atoms. The standard InChI is InChI=1S/C23H23FO2/c1-2-3-4-5-19-16-25-23(26-17-19)15-8-18-6-9-20(10-7-18)21-11-13-22(24)14-12-21/h4-7,9-14,19,23H,2-3,16-17H2,1H3/b5-4+/t19-,23-. The molecule has 1 aliphatic rings. The summed E-state index contributed by atoms with van der Waals surface area (Å²) in [6, 6.07) is 14.3. The molecule has 1 fully saturated rings. The van der Waals surface area contributed by atoms with Crippen LogP contribution in [0.2, 0.25) is 0 Å². The number of benzene rings is 2. The number of hydrogen-bond donors (Lipinski definition) is 0. The van der Waals surface area contributed by atoms with Crippen molar-refractivity contribution in [3.8, 4) is 23.0 Å². The van der Waals surface area contributed by atoms with Gasteiger partial charge < -0.3 is 9.47 Å². The molecule has 0 radical (unpaired) electrons. The Labute approximate surface area is 154 Å². The van der Waals surface area contributed by atoms with Gasteiger partial charge in [0.2, 0.25) is 6.29 Å². The Bertz CT molecular complexity index is 774. The van der Waals surface area contributed by atoms with E-state index in [-0.39, 0.29) is 5.82 Å².